The molecule has 1 aromatic rings. The number of carbonyl (C=O) groups is 1. The number of carbonyl (C=O) groups excluding carboxylic acids is 1. The first-order valence-corrected chi connectivity index (χ1v) is 10.7. The van der Waals surface area contributed by atoms with Crippen LogP contribution >= 0.6 is 0 Å². The Morgan fingerprint density at radius 1 is 1.36 bits per heavy atom. The van der Waals surface area contributed by atoms with Gasteiger partial charge in [-0.05, 0) is 36.8 Å². The van der Waals surface area contributed by atoms with E-state index in [2.05, 4.69) is 49.9 Å². The molecule has 1 aromatic carbocycles. The van der Waals surface area contributed by atoms with E-state index < -0.39 is 0 Å². The Kier molecular flexibility index (Phi) is 7.00. The largest absolute Gasteiger partial charge is 0.383 e. The van der Waals surface area contributed by atoms with Crippen molar-refractivity contribution in [1.29, 1.82) is 0 Å². The molecule has 0 aliphatic carbocycles. The number of methoxy groups -OCH3 is 1. The summed E-state index contributed by atoms with van der Waals surface area (Å²) in [6.45, 7) is 11.2. The Hall–Kier alpha value is -1.59. The number of hydrogen-bond acceptors (Lipinski definition) is 4. The molecule has 0 radical (unpaired) electrons. The van der Waals surface area contributed by atoms with Gasteiger partial charge in [-0.3, -0.25) is 4.79 Å². The number of ether oxygens (including phenoxy) is 2. The van der Waals surface area contributed by atoms with Crippen molar-refractivity contribution in [2.24, 2.45) is 5.92 Å². The van der Waals surface area contributed by atoms with Crippen molar-refractivity contribution in [2.75, 3.05) is 51.4 Å². The molecule has 156 valence electrons. The maximum atomic E-state index is 13.1. The van der Waals surface area contributed by atoms with Gasteiger partial charge in [0, 0.05) is 44.4 Å². The number of nitrogens with zero attached hydrogens (tertiary/aromatic N) is 2. The van der Waals surface area contributed by atoms with E-state index in [4.69, 9.17) is 9.47 Å². The molecule has 1 saturated heterocycles. The van der Waals surface area contributed by atoms with Crippen LogP contribution in [0.15, 0.2) is 24.3 Å². The fourth-order valence-electron chi connectivity index (χ4n) is 4.54. The highest BCUT2D eigenvalue weighted by atomic mass is 16.5. The summed E-state index contributed by atoms with van der Waals surface area (Å²) < 4.78 is 11.3. The van der Waals surface area contributed by atoms with Crippen molar-refractivity contribution in [3.8, 4) is 0 Å². The Labute approximate surface area is 170 Å². The quantitative estimate of drug-likeness (QED) is 0.650. The SMILES string of the molecule is CCCN(CCOC)C(=O)[C@H]1C[C@]2(CO1)CN(CCC(C)C)c1ccccc12. The predicted octanol–water partition coefficient (Wildman–Crippen LogP) is 3.46. The van der Waals surface area contributed by atoms with Crippen LogP contribution in [-0.2, 0) is 19.7 Å². The minimum absolute atomic E-state index is 0.0625. The number of amides is 1. The smallest absolute Gasteiger partial charge is 0.251 e. The first-order valence-electron chi connectivity index (χ1n) is 10.7. The van der Waals surface area contributed by atoms with Gasteiger partial charge in [-0.2, -0.15) is 0 Å². The summed E-state index contributed by atoms with van der Waals surface area (Å²) in [4.78, 5) is 17.5. The summed E-state index contributed by atoms with van der Waals surface area (Å²) in [6.07, 6.45) is 2.55. The highest BCUT2D eigenvalue weighted by molar-refractivity contribution is 5.82. The molecule has 2 heterocycles. The number of anilines is 1. The summed E-state index contributed by atoms with van der Waals surface area (Å²) in [5.74, 6) is 0.801. The lowest BCUT2D eigenvalue weighted by atomic mass is 9.80. The van der Waals surface area contributed by atoms with Gasteiger partial charge in [-0.1, -0.05) is 39.0 Å². The second kappa shape index (κ2) is 9.27. The summed E-state index contributed by atoms with van der Waals surface area (Å²) in [5.41, 5.74) is 2.62. The molecule has 0 saturated carbocycles. The van der Waals surface area contributed by atoms with Crippen molar-refractivity contribution in [3.63, 3.8) is 0 Å². The molecule has 0 unspecified atom stereocenters. The molecule has 0 N–H and O–H groups in total. The second-order valence-electron chi connectivity index (χ2n) is 8.72. The molecule has 0 aromatic heterocycles. The summed E-state index contributed by atoms with van der Waals surface area (Å²) >= 11 is 0. The van der Waals surface area contributed by atoms with E-state index in [-0.39, 0.29) is 17.4 Å². The fourth-order valence-corrected chi connectivity index (χ4v) is 4.54. The molecule has 5 nitrogen and oxygen atoms in total. The van der Waals surface area contributed by atoms with Gasteiger partial charge in [0.25, 0.3) is 5.91 Å². The van der Waals surface area contributed by atoms with E-state index in [1.807, 2.05) is 4.90 Å². The van der Waals surface area contributed by atoms with Crippen LogP contribution in [0.3, 0.4) is 0 Å². The highest BCUT2D eigenvalue weighted by Crippen LogP contribution is 2.47. The van der Waals surface area contributed by atoms with E-state index in [9.17, 15) is 4.79 Å². The van der Waals surface area contributed by atoms with Gasteiger partial charge in [0.15, 0.2) is 0 Å². The van der Waals surface area contributed by atoms with Gasteiger partial charge in [-0.25, -0.2) is 0 Å². The molecule has 2 aliphatic rings. The highest BCUT2D eigenvalue weighted by Gasteiger charge is 2.50. The normalized spacial score (nSPS) is 23.6. The van der Waals surface area contributed by atoms with Crippen LogP contribution in [0.5, 0.6) is 0 Å². The lowest BCUT2D eigenvalue weighted by molar-refractivity contribution is -0.141. The van der Waals surface area contributed by atoms with Gasteiger partial charge < -0.3 is 19.3 Å². The molecule has 0 bridgehead atoms. The van der Waals surface area contributed by atoms with E-state index >= 15 is 0 Å². The second-order valence-corrected chi connectivity index (χ2v) is 8.72. The zero-order chi connectivity index (χ0) is 20.1. The van der Waals surface area contributed by atoms with Gasteiger partial charge in [0.2, 0.25) is 0 Å². The maximum absolute atomic E-state index is 13.1. The van der Waals surface area contributed by atoms with Crippen molar-refractivity contribution in [1.82, 2.24) is 4.90 Å². The first kappa shape index (κ1) is 21.1. The molecule has 2 aliphatic heterocycles. The topological polar surface area (TPSA) is 42.0 Å². The van der Waals surface area contributed by atoms with Crippen LogP contribution in [0, 0.1) is 5.92 Å². The summed E-state index contributed by atoms with van der Waals surface area (Å²) in [6, 6.07) is 8.69. The summed E-state index contributed by atoms with van der Waals surface area (Å²) in [7, 11) is 1.68. The zero-order valence-corrected chi connectivity index (χ0v) is 17.9. The molecular formula is C23H36N2O3. The lowest BCUT2D eigenvalue weighted by Gasteiger charge is -2.26. The molecule has 5 heteroatoms. The molecule has 2 atom stereocenters. The van der Waals surface area contributed by atoms with Gasteiger partial charge in [0.1, 0.15) is 6.10 Å². The van der Waals surface area contributed by atoms with Crippen LogP contribution in [0.2, 0.25) is 0 Å². The third kappa shape index (κ3) is 4.36. The van der Waals surface area contributed by atoms with Crippen LogP contribution in [0.25, 0.3) is 0 Å². The minimum atomic E-state index is -0.346. The Bertz CT molecular complexity index is 663. The van der Waals surface area contributed by atoms with Crippen molar-refractivity contribution >= 4 is 11.6 Å². The van der Waals surface area contributed by atoms with Crippen molar-refractivity contribution in [3.05, 3.63) is 29.8 Å². The summed E-state index contributed by atoms with van der Waals surface area (Å²) in [5, 5.41) is 0. The fraction of sp³-hybridized carbons (Fsp3) is 0.696. The van der Waals surface area contributed by atoms with Gasteiger partial charge >= 0.3 is 0 Å². The van der Waals surface area contributed by atoms with E-state index in [0.717, 1.165) is 32.5 Å². The Morgan fingerprint density at radius 2 is 2.14 bits per heavy atom. The first-order chi connectivity index (χ1) is 13.5. The van der Waals surface area contributed by atoms with E-state index in [1.165, 1.54) is 17.7 Å². The van der Waals surface area contributed by atoms with E-state index in [0.29, 0.717) is 25.7 Å². The third-order valence-corrected chi connectivity index (χ3v) is 6.07. The number of rotatable bonds is 9. The van der Waals surface area contributed by atoms with E-state index in [1.54, 1.807) is 7.11 Å². The molecule has 28 heavy (non-hydrogen) atoms. The van der Waals surface area contributed by atoms with Gasteiger partial charge in [0.05, 0.1) is 13.2 Å². The van der Waals surface area contributed by atoms with Gasteiger partial charge in [-0.15, -0.1) is 0 Å². The standard InChI is InChI=1S/C23H36N2O3/c1-5-11-24(13-14-27-4)22(26)21-15-23(17-28-21)16-25(12-10-18(2)3)20-9-7-6-8-19(20)23/h6-9,18,21H,5,10-17H2,1-4H3/t21-,23-/m1/s1. The lowest BCUT2D eigenvalue weighted by Crippen LogP contribution is -2.42. The number of benzene rings is 1. The molecule has 1 spiro atoms. The monoisotopic (exact) mass is 388 g/mol. The Balaban J connectivity index is 1.74. The minimum Gasteiger partial charge on any atom is -0.383 e. The third-order valence-electron chi connectivity index (χ3n) is 6.07. The molecule has 3 rings (SSSR count). The average molecular weight is 389 g/mol. The molecular weight excluding hydrogens is 352 g/mol. The van der Waals surface area contributed by atoms with Crippen LogP contribution in [0.4, 0.5) is 5.69 Å². The molecule has 1 fully saturated rings. The predicted molar refractivity (Wildman–Crippen MR) is 113 cm³/mol. The average Bonchev–Trinajstić information content (AvgIpc) is 3.26. The van der Waals surface area contributed by atoms with Crippen molar-refractivity contribution < 1.29 is 14.3 Å². The van der Waals surface area contributed by atoms with Crippen LogP contribution < -0.4 is 4.90 Å². The maximum Gasteiger partial charge on any atom is 0.251 e. The Morgan fingerprint density at radius 3 is 2.86 bits per heavy atom. The van der Waals surface area contributed by atoms with Crippen LogP contribution in [0.1, 0.15) is 45.6 Å². The zero-order valence-electron chi connectivity index (χ0n) is 17.9. The van der Waals surface area contributed by atoms with Crippen LogP contribution in [-0.4, -0.2) is 63.4 Å². The number of para-hydroxylation sites is 1. The number of fused-ring (bicyclic) bond motifs is 2. The molecule has 1 amide bonds. The number of hydrogen-bond donors (Lipinski definition) is 0. The van der Waals surface area contributed by atoms with Crippen molar-refractivity contribution in [2.45, 2.75) is 51.6 Å².